The fourth-order valence-corrected chi connectivity index (χ4v) is 1.65. The average molecular weight is 183 g/mol. The minimum atomic E-state index is 0.134. The van der Waals surface area contributed by atoms with E-state index in [1.54, 1.807) is 11.3 Å². The molecule has 1 N–H and O–H groups in total. The summed E-state index contributed by atoms with van der Waals surface area (Å²) >= 11 is 1.61. The standard InChI is InChI=1S/C9H13NOS/c1-3-8(5-11)4-9-10-7(2)6-12-9/h4,6,11H,3,5H2,1-2H3. The number of aliphatic hydroxyl groups is 1. The van der Waals surface area contributed by atoms with E-state index in [0.29, 0.717) is 0 Å². The second-order valence-electron chi connectivity index (χ2n) is 2.64. The van der Waals surface area contributed by atoms with Crippen LogP contribution in [-0.2, 0) is 0 Å². The average Bonchev–Trinajstić information content (AvgIpc) is 2.47. The topological polar surface area (TPSA) is 33.1 Å². The summed E-state index contributed by atoms with van der Waals surface area (Å²) in [5.74, 6) is 0. The summed E-state index contributed by atoms with van der Waals surface area (Å²) in [6.45, 7) is 4.13. The van der Waals surface area contributed by atoms with Crippen molar-refractivity contribution in [3.8, 4) is 0 Å². The van der Waals surface area contributed by atoms with Crippen molar-refractivity contribution in [2.75, 3.05) is 6.61 Å². The summed E-state index contributed by atoms with van der Waals surface area (Å²) in [7, 11) is 0. The third-order valence-corrected chi connectivity index (χ3v) is 2.53. The smallest absolute Gasteiger partial charge is 0.116 e. The molecule has 0 saturated heterocycles. The van der Waals surface area contributed by atoms with Crippen LogP contribution < -0.4 is 0 Å². The molecule has 0 aliphatic rings. The third kappa shape index (κ3) is 2.43. The number of hydrogen-bond acceptors (Lipinski definition) is 3. The van der Waals surface area contributed by atoms with Crippen molar-refractivity contribution in [2.24, 2.45) is 0 Å². The lowest BCUT2D eigenvalue weighted by molar-refractivity contribution is 0.329. The highest BCUT2D eigenvalue weighted by molar-refractivity contribution is 7.10. The monoisotopic (exact) mass is 183 g/mol. The minimum Gasteiger partial charge on any atom is -0.392 e. The van der Waals surface area contributed by atoms with Crippen LogP contribution >= 0.6 is 11.3 Å². The van der Waals surface area contributed by atoms with E-state index in [4.69, 9.17) is 5.11 Å². The molecule has 3 heteroatoms. The maximum Gasteiger partial charge on any atom is 0.116 e. The maximum absolute atomic E-state index is 8.90. The van der Waals surface area contributed by atoms with Crippen molar-refractivity contribution >= 4 is 17.4 Å². The Morgan fingerprint density at radius 3 is 2.92 bits per heavy atom. The molecule has 1 heterocycles. The summed E-state index contributed by atoms with van der Waals surface area (Å²) in [6.07, 6.45) is 2.84. The van der Waals surface area contributed by atoms with E-state index in [2.05, 4.69) is 4.98 Å². The van der Waals surface area contributed by atoms with E-state index in [1.807, 2.05) is 25.3 Å². The van der Waals surface area contributed by atoms with E-state index in [9.17, 15) is 0 Å². The summed E-state index contributed by atoms with van der Waals surface area (Å²) in [4.78, 5) is 4.28. The summed E-state index contributed by atoms with van der Waals surface area (Å²) in [6, 6.07) is 0. The lowest BCUT2D eigenvalue weighted by Gasteiger charge is -1.95. The molecule has 0 fully saturated rings. The Kier molecular flexibility index (Phi) is 3.44. The molecule has 0 aliphatic heterocycles. The number of aliphatic hydroxyl groups excluding tert-OH is 1. The van der Waals surface area contributed by atoms with Crippen LogP contribution in [-0.4, -0.2) is 16.7 Å². The molecule has 0 saturated carbocycles. The molecule has 1 rings (SSSR count). The normalized spacial score (nSPS) is 12.1. The van der Waals surface area contributed by atoms with Crippen molar-refractivity contribution < 1.29 is 5.11 Å². The van der Waals surface area contributed by atoms with Gasteiger partial charge in [0.2, 0.25) is 0 Å². The quantitative estimate of drug-likeness (QED) is 0.779. The zero-order valence-corrected chi connectivity index (χ0v) is 8.19. The van der Waals surface area contributed by atoms with Gasteiger partial charge in [0.05, 0.1) is 6.61 Å². The predicted octanol–water partition coefficient (Wildman–Crippen LogP) is 2.24. The van der Waals surface area contributed by atoms with Crippen LogP contribution in [0.2, 0.25) is 0 Å². The number of aromatic nitrogens is 1. The van der Waals surface area contributed by atoms with Crippen LogP contribution in [0.15, 0.2) is 11.0 Å². The van der Waals surface area contributed by atoms with Crippen LogP contribution in [0.5, 0.6) is 0 Å². The Morgan fingerprint density at radius 2 is 2.50 bits per heavy atom. The minimum absolute atomic E-state index is 0.134. The highest BCUT2D eigenvalue weighted by Crippen LogP contribution is 2.13. The van der Waals surface area contributed by atoms with Gasteiger partial charge in [0.15, 0.2) is 0 Å². The van der Waals surface area contributed by atoms with Gasteiger partial charge in [-0.15, -0.1) is 11.3 Å². The van der Waals surface area contributed by atoms with Gasteiger partial charge in [-0.25, -0.2) is 4.98 Å². The Hall–Kier alpha value is -0.670. The number of rotatable bonds is 3. The van der Waals surface area contributed by atoms with Crippen molar-refractivity contribution in [3.63, 3.8) is 0 Å². The van der Waals surface area contributed by atoms with Gasteiger partial charge in [0.25, 0.3) is 0 Å². The van der Waals surface area contributed by atoms with Gasteiger partial charge in [0, 0.05) is 11.1 Å². The Bertz CT molecular complexity index is 272. The molecule has 0 unspecified atom stereocenters. The zero-order chi connectivity index (χ0) is 8.97. The van der Waals surface area contributed by atoms with Crippen molar-refractivity contribution in [2.45, 2.75) is 20.3 Å². The molecule has 2 nitrogen and oxygen atoms in total. The molecule has 0 aliphatic carbocycles. The second-order valence-corrected chi connectivity index (χ2v) is 3.53. The molecule has 1 aromatic rings. The zero-order valence-electron chi connectivity index (χ0n) is 7.37. The SMILES string of the molecule is CCC(=Cc1nc(C)cs1)CO. The second kappa shape index (κ2) is 4.38. The summed E-state index contributed by atoms with van der Waals surface area (Å²) in [5.41, 5.74) is 2.07. The molecule has 0 amide bonds. The van der Waals surface area contributed by atoms with E-state index in [1.165, 1.54) is 0 Å². The van der Waals surface area contributed by atoms with Gasteiger partial charge >= 0.3 is 0 Å². The molecule has 0 aromatic carbocycles. The fourth-order valence-electron chi connectivity index (χ4n) is 0.873. The van der Waals surface area contributed by atoms with E-state index < -0.39 is 0 Å². The number of thiazole rings is 1. The van der Waals surface area contributed by atoms with Crippen LogP contribution in [0.3, 0.4) is 0 Å². The molecule has 1 aromatic heterocycles. The molecule has 66 valence electrons. The van der Waals surface area contributed by atoms with Gasteiger partial charge in [-0.05, 0) is 25.0 Å². The fraction of sp³-hybridized carbons (Fsp3) is 0.444. The maximum atomic E-state index is 8.90. The number of aryl methyl sites for hydroxylation is 1. The van der Waals surface area contributed by atoms with Crippen LogP contribution in [0.1, 0.15) is 24.0 Å². The first kappa shape index (κ1) is 9.42. The first-order valence-corrected chi connectivity index (χ1v) is 4.86. The lowest BCUT2D eigenvalue weighted by Crippen LogP contribution is -1.87. The molecular formula is C9H13NOS. The van der Waals surface area contributed by atoms with Gasteiger partial charge in [-0.2, -0.15) is 0 Å². The Morgan fingerprint density at radius 1 is 1.75 bits per heavy atom. The number of nitrogens with zero attached hydrogens (tertiary/aromatic N) is 1. The van der Waals surface area contributed by atoms with E-state index >= 15 is 0 Å². The van der Waals surface area contributed by atoms with E-state index in [0.717, 1.165) is 22.7 Å². The van der Waals surface area contributed by atoms with Gasteiger partial charge in [-0.1, -0.05) is 6.92 Å². The van der Waals surface area contributed by atoms with Crippen LogP contribution in [0, 0.1) is 6.92 Å². The third-order valence-electron chi connectivity index (χ3n) is 1.62. The van der Waals surface area contributed by atoms with Crippen molar-refractivity contribution in [1.82, 2.24) is 4.98 Å². The lowest BCUT2D eigenvalue weighted by atomic mass is 10.2. The van der Waals surface area contributed by atoms with Crippen LogP contribution in [0.25, 0.3) is 6.08 Å². The van der Waals surface area contributed by atoms with E-state index in [-0.39, 0.29) is 6.61 Å². The van der Waals surface area contributed by atoms with Gasteiger partial charge in [-0.3, -0.25) is 0 Å². The van der Waals surface area contributed by atoms with Crippen molar-refractivity contribution in [3.05, 3.63) is 21.7 Å². The summed E-state index contributed by atoms with van der Waals surface area (Å²) < 4.78 is 0. The highest BCUT2D eigenvalue weighted by atomic mass is 32.1. The first-order chi connectivity index (χ1) is 5.76. The first-order valence-electron chi connectivity index (χ1n) is 3.98. The molecule has 0 bridgehead atoms. The van der Waals surface area contributed by atoms with Gasteiger partial charge in [0.1, 0.15) is 5.01 Å². The Labute approximate surface area is 76.6 Å². The predicted molar refractivity (Wildman–Crippen MR) is 52.2 cm³/mol. The number of hydrogen-bond donors (Lipinski definition) is 1. The van der Waals surface area contributed by atoms with Crippen LogP contribution in [0.4, 0.5) is 0 Å². The summed E-state index contributed by atoms with van der Waals surface area (Å²) in [5, 5.41) is 11.9. The molecule has 0 spiro atoms. The Balaban J connectivity index is 2.78. The molecular weight excluding hydrogens is 170 g/mol. The molecule has 0 radical (unpaired) electrons. The van der Waals surface area contributed by atoms with Gasteiger partial charge < -0.3 is 5.11 Å². The van der Waals surface area contributed by atoms with Crippen molar-refractivity contribution in [1.29, 1.82) is 0 Å². The molecule has 0 atom stereocenters. The molecule has 12 heavy (non-hydrogen) atoms. The largest absolute Gasteiger partial charge is 0.392 e. The highest BCUT2D eigenvalue weighted by Gasteiger charge is 1.96.